The van der Waals surface area contributed by atoms with E-state index >= 15 is 0 Å². The lowest BCUT2D eigenvalue weighted by atomic mass is 9.88. The Morgan fingerprint density at radius 3 is 2.36 bits per heavy atom. The first kappa shape index (κ1) is 25.9. The number of hydrogen-bond donors (Lipinski definition) is 2. The second kappa shape index (κ2) is 10.6. The van der Waals surface area contributed by atoms with E-state index in [9.17, 15) is 13.2 Å². The maximum atomic E-state index is 13.5. The van der Waals surface area contributed by atoms with Crippen LogP contribution in [0.2, 0.25) is 0 Å². The second-order valence-corrected chi connectivity index (χ2v) is 12.2. The van der Waals surface area contributed by atoms with Gasteiger partial charge in [0.2, 0.25) is 10.0 Å². The number of likely N-dealkylation sites (tertiary alicyclic amines) is 1. The summed E-state index contributed by atoms with van der Waals surface area (Å²) in [5.74, 6) is 0.0868. The Hall–Kier alpha value is -3.40. The molecule has 3 aromatic carbocycles. The molecule has 0 amide bonds. The molecule has 4 unspecified atom stereocenters. The second-order valence-electron chi connectivity index (χ2n) is 10.5. The van der Waals surface area contributed by atoms with Crippen LogP contribution in [0.15, 0.2) is 83.8 Å². The van der Waals surface area contributed by atoms with Gasteiger partial charge in [0.25, 0.3) is 0 Å². The molecular formula is C30H32N2O6S. The lowest BCUT2D eigenvalue weighted by Crippen LogP contribution is -2.52. The van der Waals surface area contributed by atoms with Crippen molar-refractivity contribution in [1.29, 1.82) is 0 Å². The Kier molecular flexibility index (Phi) is 7.05. The lowest BCUT2D eigenvalue weighted by molar-refractivity contribution is -0.139. The minimum absolute atomic E-state index is 0.0352. The summed E-state index contributed by atoms with van der Waals surface area (Å²) < 4.78 is 42.0. The number of nitrogens with one attached hydrogen (secondary N) is 1. The highest BCUT2D eigenvalue weighted by atomic mass is 32.2. The van der Waals surface area contributed by atoms with Crippen LogP contribution >= 0.6 is 0 Å². The van der Waals surface area contributed by atoms with E-state index in [2.05, 4.69) is 33.9 Å². The highest BCUT2D eigenvalue weighted by Gasteiger charge is 2.53. The van der Waals surface area contributed by atoms with Crippen LogP contribution in [-0.4, -0.2) is 62.3 Å². The zero-order valence-electron chi connectivity index (χ0n) is 21.5. The van der Waals surface area contributed by atoms with Gasteiger partial charge < -0.3 is 14.6 Å². The number of carbonyl (C=O) groups is 1. The van der Waals surface area contributed by atoms with Gasteiger partial charge in [-0.05, 0) is 55.6 Å². The van der Waals surface area contributed by atoms with Gasteiger partial charge in [0.05, 0.1) is 4.90 Å². The number of rotatable bonds is 8. The van der Waals surface area contributed by atoms with E-state index in [1.165, 1.54) is 5.56 Å². The fourth-order valence-electron chi connectivity index (χ4n) is 6.51. The number of hydrogen-bond acceptors (Lipinski definition) is 6. The average molecular weight is 549 g/mol. The molecule has 2 aliphatic heterocycles. The third kappa shape index (κ3) is 5.14. The molecule has 39 heavy (non-hydrogen) atoms. The van der Waals surface area contributed by atoms with Crippen molar-refractivity contribution in [2.24, 2.45) is 0 Å². The molecule has 3 aliphatic rings. The molecule has 2 heterocycles. The van der Waals surface area contributed by atoms with Crippen molar-refractivity contribution < 1.29 is 27.8 Å². The molecule has 9 heteroatoms. The van der Waals surface area contributed by atoms with Gasteiger partial charge in [0, 0.05) is 30.0 Å². The molecule has 1 saturated carbocycles. The minimum Gasteiger partial charge on any atom is -0.485 e. The van der Waals surface area contributed by atoms with Gasteiger partial charge in [-0.2, -0.15) is 0 Å². The molecule has 0 spiro atoms. The van der Waals surface area contributed by atoms with E-state index in [0.717, 1.165) is 31.5 Å². The SMILES string of the molecule is O=C(O)COc1cccc2c1OC1CC(N3CCC(c4ccccc4)CC3)C(NS(=O)(=O)c3ccccc3)C21. The molecule has 6 rings (SSSR count). The van der Waals surface area contributed by atoms with E-state index < -0.39 is 28.6 Å². The number of nitrogens with zero attached hydrogens (tertiary/aromatic N) is 1. The standard InChI is InChI=1S/C30H32N2O6S/c33-27(34)19-37-25-13-7-12-23-28-26(38-30(23)25)18-24(29(28)31-39(35,36)22-10-5-2-6-11-22)32-16-14-21(15-17-32)20-8-3-1-4-9-20/h1-13,21,24,26,28-29,31H,14-19H2,(H,33,34). The van der Waals surface area contributed by atoms with E-state index in [-0.39, 0.29) is 23.0 Å². The zero-order chi connectivity index (χ0) is 27.0. The highest BCUT2D eigenvalue weighted by Crippen LogP contribution is 2.52. The first-order valence-corrected chi connectivity index (χ1v) is 14.9. The van der Waals surface area contributed by atoms with Crippen LogP contribution in [0.1, 0.15) is 42.2 Å². The minimum atomic E-state index is -3.78. The largest absolute Gasteiger partial charge is 0.485 e. The van der Waals surface area contributed by atoms with Crippen molar-refractivity contribution in [3.05, 3.63) is 90.0 Å². The maximum absolute atomic E-state index is 13.5. The Labute approximate surface area is 228 Å². The summed E-state index contributed by atoms with van der Waals surface area (Å²) in [4.78, 5) is 13.7. The van der Waals surface area contributed by atoms with Gasteiger partial charge in [-0.15, -0.1) is 0 Å². The number of benzene rings is 3. The summed E-state index contributed by atoms with van der Waals surface area (Å²) in [5, 5.41) is 9.08. The first-order chi connectivity index (χ1) is 18.9. The Balaban J connectivity index is 1.29. The average Bonchev–Trinajstić information content (AvgIpc) is 3.50. The third-order valence-electron chi connectivity index (χ3n) is 8.28. The Morgan fingerprint density at radius 2 is 1.67 bits per heavy atom. The number of carboxylic acid groups (broad SMARTS) is 1. The predicted octanol–water partition coefficient (Wildman–Crippen LogP) is 3.99. The molecule has 3 aromatic rings. The molecule has 0 aromatic heterocycles. The number of sulfonamides is 1. The molecule has 0 bridgehead atoms. The Morgan fingerprint density at radius 1 is 0.974 bits per heavy atom. The highest BCUT2D eigenvalue weighted by molar-refractivity contribution is 7.89. The number of fused-ring (bicyclic) bond motifs is 3. The molecule has 2 N–H and O–H groups in total. The summed E-state index contributed by atoms with van der Waals surface area (Å²) in [6.45, 7) is 1.28. The number of carboxylic acids is 1. The predicted molar refractivity (Wildman–Crippen MR) is 146 cm³/mol. The van der Waals surface area contributed by atoms with Crippen LogP contribution in [0.4, 0.5) is 0 Å². The van der Waals surface area contributed by atoms with Crippen molar-refractivity contribution in [3.63, 3.8) is 0 Å². The van der Waals surface area contributed by atoms with Gasteiger partial charge in [-0.25, -0.2) is 17.9 Å². The van der Waals surface area contributed by atoms with Gasteiger partial charge >= 0.3 is 5.97 Å². The molecule has 204 valence electrons. The van der Waals surface area contributed by atoms with Crippen molar-refractivity contribution in [3.8, 4) is 11.5 Å². The molecule has 1 saturated heterocycles. The molecular weight excluding hydrogens is 516 g/mol. The quantitative estimate of drug-likeness (QED) is 0.439. The lowest BCUT2D eigenvalue weighted by Gasteiger charge is -2.39. The topological polar surface area (TPSA) is 105 Å². The summed E-state index contributed by atoms with van der Waals surface area (Å²) >= 11 is 0. The molecule has 2 fully saturated rings. The van der Waals surface area contributed by atoms with Crippen LogP contribution in [0.3, 0.4) is 0 Å². The fourth-order valence-corrected chi connectivity index (χ4v) is 7.82. The van der Waals surface area contributed by atoms with Crippen LogP contribution < -0.4 is 14.2 Å². The summed E-state index contributed by atoms with van der Waals surface area (Å²) in [5.41, 5.74) is 2.21. The first-order valence-electron chi connectivity index (χ1n) is 13.4. The molecule has 0 radical (unpaired) electrons. The molecule has 1 aliphatic carbocycles. The number of piperidine rings is 1. The normalized spacial score (nSPS) is 25.0. The molecule has 8 nitrogen and oxygen atoms in total. The zero-order valence-corrected chi connectivity index (χ0v) is 22.3. The maximum Gasteiger partial charge on any atom is 0.341 e. The monoisotopic (exact) mass is 548 g/mol. The van der Waals surface area contributed by atoms with Crippen LogP contribution in [0.25, 0.3) is 0 Å². The van der Waals surface area contributed by atoms with Crippen molar-refractivity contribution in [1.82, 2.24) is 9.62 Å². The van der Waals surface area contributed by atoms with E-state index in [1.54, 1.807) is 36.4 Å². The van der Waals surface area contributed by atoms with Gasteiger partial charge in [0.1, 0.15) is 6.10 Å². The summed E-state index contributed by atoms with van der Waals surface area (Å²) in [6.07, 6.45) is 2.45. The smallest absolute Gasteiger partial charge is 0.341 e. The number of aliphatic carboxylic acids is 1. The summed E-state index contributed by atoms with van der Waals surface area (Å²) in [6, 6.07) is 24.0. The van der Waals surface area contributed by atoms with E-state index in [0.29, 0.717) is 23.8 Å². The Bertz CT molecular complexity index is 1420. The number of ether oxygens (including phenoxy) is 2. The number of para-hydroxylation sites is 1. The van der Waals surface area contributed by atoms with E-state index in [4.69, 9.17) is 14.6 Å². The van der Waals surface area contributed by atoms with Gasteiger partial charge in [-0.1, -0.05) is 60.7 Å². The summed E-state index contributed by atoms with van der Waals surface area (Å²) in [7, 11) is -3.78. The van der Waals surface area contributed by atoms with Crippen LogP contribution in [0.5, 0.6) is 11.5 Å². The van der Waals surface area contributed by atoms with Crippen molar-refractivity contribution in [2.75, 3.05) is 19.7 Å². The van der Waals surface area contributed by atoms with Gasteiger partial charge in [-0.3, -0.25) is 4.90 Å². The molecule has 4 atom stereocenters. The van der Waals surface area contributed by atoms with E-state index in [1.807, 2.05) is 18.2 Å². The van der Waals surface area contributed by atoms with Crippen LogP contribution in [-0.2, 0) is 14.8 Å². The third-order valence-corrected chi connectivity index (χ3v) is 9.75. The van der Waals surface area contributed by atoms with Crippen molar-refractivity contribution >= 4 is 16.0 Å². The fraction of sp³-hybridized carbons (Fsp3) is 0.367. The van der Waals surface area contributed by atoms with Gasteiger partial charge in [0.15, 0.2) is 18.1 Å². The van der Waals surface area contributed by atoms with Crippen molar-refractivity contribution in [2.45, 2.75) is 54.2 Å². The van der Waals surface area contributed by atoms with Crippen LogP contribution in [0, 0.1) is 0 Å².